The highest BCUT2D eigenvalue weighted by Gasteiger charge is 2.43. The van der Waals surface area contributed by atoms with E-state index in [4.69, 9.17) is 9.47 Å². The van der Waals surface area contributed by atoms with Crippen LogP contribution in [0.1, 0.15) is 55.6 Å². The van der Waals surface area contributed by atoms with Gasteiger partial charge in [-0.05, 0) is 41.8 Å². The van der Waals surface area contributed by atoms with Crippen molar-refractivity contribution >= 4 is 14.7 Å². The van der Waals surface area contributed by atoms with E-state index in [-0.39, 0.29) is 5.41 Å². The van der Waals surface area contributed by atoms with Crippen LogP contribution in [0.2, 0.25) is 5.54 Å². The molecule has 4 rings (SSSR count). The topological polar surface area (TPSA) is 18.5 Å². The minimum atomic E-state index is 0.0260. The maximum absolute atomic E-state index is 5.98. The highest BCUT2D eigenvalue weighted by molar-refractivity contribution is 6.55. The van der Waals surface area contributed by atoms with Crippen molar-refractivity contribution in [2.75, 3.05) is 27.4 Å². The first-order valence-corrected chi connectivity index (χ1v) is 14.2. The van der Waals surface area contributed by atoms with Crippen LogP contribution in [0.15, 0.2) is 91.0 Å². The van der Waals surface area contributed by atoms with Crippen molar-refractivity contribution < 1.29 is 9.47 Å². The molecule has 1 aliphatic carbocycles. The Morgan fingerprint density at radius 2 is 1.20 bits per heavy atom. The maximum Gasteiger partial charge on any atom is 0.0852 e. The molecule has 184 valence electrons. The molecule has 2 radical (unpaired) electrons. The van der Waals surface area contributed by atoms with Gasteiger partial charge in [-0.3, -0.25) is 0 Å². The zero-order valence-electron chi connectivity index (χ0n) is 21.4. The van der Waals surface area contributed by atoms with Gasteiger partial charge in [-0.15, -0.1) is 0 Å². The lowest BCUT2D eigenvalue weighted by Crippen LogP contribution is -2.43. The summed E-state index contributed by atoms with van der Waals surface area (Å²) in [5.74, 6) is 0.971. The van der Waals surface area contributed by atoms with Gasteiger partial charge in [0.05, 0.1) is 22.7 Å². The predicted octanol–water partition coefficient (Wildman–Crippen LogP) is 6.89. The molecule has 0 N–H and O–H groups in total. The second-order valence-corrected chi connectivity index (χ2v) is 11.8. The molecule has 3 heteroatoms. The van der Waals surface area contributed by atoms with Crippen molar-refractivity contribution in [2.24, 2.45) is 11.3 Å². The van der Waals surface area contributed by atoms with E-state index in [1.165, 1.54) is 48.4 Å². The molecule has 3 aromatic carbocycles. The summed E-state index contributed by atoms with van der Waals surface area (Å²) in [5, 5.41) is 1.43. The van der Waals surface area contributed by atoms with Crippen LogP contribution in [0.3, 0.4) is 0 Å². The van der Waals surface area contributed by atoms with Crippen LogP contribution < -0.4 is 5.19 Å². The Morgan fingerprint density at radius 1 is 0.714 bits per heavy atom. The molecule has 0 spiro atoms. The summed E-state index contributed by atoms with van der Waals surface area (Å²) in [6, 6.07) is 33.3. The van der Waals surface area contributed by atoms with E-state index in [9.17, 15) is 0 Å². The Morgan fingerprint density at radius 3 is 1.69 bits per heavy atom. The van der Waals surface area contributed by atoms with Gasteiger partial charge in [0.15, 0.2) is 0 Å². The van der Waals surface area contributed by atoms with E-state index < -0.39 is 0 Å². The van der Waals surface area contributed by atoms with Gasteiger partial charge in [0.25, 0.3) is 0 Å². The Balaban J connectivity index is 1.79. The Kier molecular flexibility index (Phi) is 9.76. The highest BCUT2D eigenvalue weighted by Crippen LogP contribution is 2.49. The summed E-state index contributed by atoms with van der Waals surface area (Å²) < 4.78 is 12.0. The SMILES string of the molecule is COCC(COC)(CC([Si]c1ccccc1)C(c1ccccc1)c1ccccc1)C1CCCCC1. The van der Waals surface area contributed by atoms with E-state index in [0.29, 0.717) is 26.9 Å². The van der Waals surface area contributed by atoms with Crippen molar-refractivity contribution in [3.63, 3.8) is 0 Å². The third kappa shape index (κ3) is 6.72. The second-order valence-electron chi connectivity index (χ2n) is 10.2. The van der Waals surface area contributed by atoms with E-state index in [1.807, 2.05) is 14.2 Å². The molecule has 0 aliphatic heterocycles. The van der Waals surface area contributed by atoms with Gasteiger partial charge in [-0.1, -0.05) is 115 Å². The number of benzene rings is 3. The zero-order valence-corrected chi connectivity index (χ0v) is 22.4. The predicted molar refractivity (Wildman–Crippen MR) is 148 cm³/mol. The van der Waals surface area contributed by atoms with Crippen LogP contribution >= 0.6 is 0 Å². The molecule has 1 unspecified atom stereocenters. The molecule has 0 saturated heterocycles. The fraction of sp³-hybridized carbons (Fsp3) is 0.438. The summed E-state index contributed by atoms with van der Waals surface area (Å²) in [6.07, 6.45) is 7.68. The quantitative estimate of drug-likeness (QED) is 0.261. The van der Waals surface area contributed by atoms with Gasteiger partial charge in [-0.2, -0.15) is 0 Å². The summed E-state index contributed by atoms with van der Waals surface area (Å²) in [4.78, 5) is 0. The highest BCUT2D eigenvalue weighted by atomic mass is 28.2. The van der Waals surface area contributed by atoms with E-state index in [0.717, 1.165) is 19.6 Å². The van der Waals surface area contributed by atoms with Crippen molar-refractivity contribution in [1.82, 2.24) is 0 Å². The molecule has 2 nitrogen and oxygen atoms in total. The van der Waals surface area contributed by atoms with E-state index in [2.05, 4.69) is 91.0 Å². The standard InChI is InChI=1S/C32H40O2Si/c1-33-24-32(25-34-2,28-19-11-5-12-20-28)23-30(35-29-21-13-6-14-22-29)31(26-15-7-3-8-16-26)27-17-9-4-10-18-27/h3-4,6-10,13-18,21-22,28,30-31H,5,11-12,19-20,23-25H2,1-2H3. The molecular formula is C32H40O2Si. The van der Waals surface area contributed by atoms with E-state index >= 15 is 0 Å². The number of methoxy groups -OCH3 is 2. The Hall–Kier alpha value is -2.20. The van der Waals surface area contributed by atoms with Gasteiger partial charge >= 0.3 is 0 Å². The molecule has 0 amide bonds. The average molecular weight is 485 g/mol. The zero-order chi connectivity index (χ0) is 24.3. The molecule has 0 aromatic heterocycles. The van der Waals surface area contributed by atoms with Crippen LogP contribution in [0.5, 0.6) is 0 Å². The normalized spacial score (nSPS) is 15.9. The van der Waals surface area contributed by atoms with Crippen LogP contribution in [-0.4, -0.2) is 37.0 Å². The van der Waals surface area contributed by atoms with Crippen LogP contribution in [0, 0.1) is 11.3 Å². The monoisotopic (exact) mass is 484 g/mol. The summed E-state index contributed by atoms with van der Waals surface area (Å²) >= 11 is 0. The van der Waals surface area contributed by atoms with Crippen molar-refractivity contribution in [1.29, 1.82) is 0 Å². The third-order valence-electron chi connectivity index (χ3n) is 7.81. The summed E-state index contributed by atoms with van der Waals surface area (Å²) in [6.45, 7) is 1.52. The maximum atomic E-state index is 5.98. The molecule has 0 heterocycles. The molecule has 1 saturated carbocycles. The number of ether oxygens (including phenoxy) is 2. The third-order valence-corrected chi connectivity index (χ3v) is 9.38. The van der Waals surface area contributed by atoms with Gasteiger partial charge < -0.3 is 9.47 Å². The number of hydrogen-bond acceptors (Lipinski definition) is 2. The van der Waals surface area contributed by atoms with Crippen molar-refractivity contribution in [3.05, 3.63) is 102 Å². The average Bonchev–Trinajstić information content (AvgIpc) is 2.91. The van der Waals surface area contributed by atoms with Crippen LogP contribution in [0.25, 0.3) is 0 Å². The largest absolute Gasteiger partial charge is 0.384 e. The van der Waals surface area contributed by atoms with Crippen LogP contribution in [0.4, 0.5) is 0 Å². The van der Waals surface area contributed by atoms with Gasteiger partial charge in [0.1, 0.15) is 0 Å². The number of hydrogen-bond donors (Lipinski definition) is 0. The minimum Gasteiger partial charge on any atom is -0.384 e. The van der Waals surface area contributed by atoms with E-state index in [1.54, 1.807) is 0 Å². The molecular weight excluding hydrogens is 444 g/mol. The van der Waals surface area contributed by atoms with Gasteiger partial charge in [0.2, 0.25) is 0 Å². The second kappa shape index (κ2) is 13.2. The first kappa shape index (κ1) is 25.9. The Labute approximate surface area is 214 Å². The molecule has 0 bridgehead atoms. The lowest BCUT2D eigenvalue weighted by molar-refractivity contribution is -0.0478. The molecule has 35 heavy (non-hydrogen) atoms. The summed E-state index contributed by atoms with van der Waals surface area (Å²) in [7, 11) is 4.45. The lowest BCUT2D eigenvalue weighted by Gasteiger charge is -2.45. The molecule has 1 atom stereocenters. The molecule has 1 fully saturated rings. The Bertz CT molecular complexity index is 925. The van der Waals surface area contributed by atoms with Crippen molar-refractivity contribution in [2.45, 2.75) is 50.0 Å². The van der Waals surface area contributed by atoms with Crippen LogP contribution in [-0.2, 0) is 9.47 Å². The fourth-order valence-corrected chi connectivity index (χ4v) is 8.14. The molecule has 1 aliphatic rings. The minimum absolute atomic E-state index is 0.0260. The number of rotatable bonds is 12. The van der Waals surface area contributed by atoms with Gasteiger partial charge in [0, 0.05) is 25.6 Å². The molecule has 3 aromatic rings. The van der Waals surface area contributed by atoms with Gasteiger partial charge in [-0.25, -0.2) is 0 Å². The van der Waals surface area contributed by atoms with Crippen molar-refractivity contribution in [3.8, 4) is 0 Å². The first-order valence-electron chi connectivity index (χ1n) is 13.1. The summed E-state index contributed by atoms with van der Waals surface area (Å²) in [5.41, 5.74) is 3.28. The lowest BCUT2D eigenvalue weighted by atomic mass is 9.65. The fourth-order valence-electron chi connectivity index (χ4n) is 6.27. The smallest absolute Gasteiger partial charge is 0.0852 e. The first-order chi connectivity index (χ1) is 17.3.